The molecule has 0 bridgehead atoms. The molecule has 0 spiro atoms. The van der Waals surface area contributed by atoms with Gasteiger partial charge in [-0.1, -0.05) is 383 Å². The molecule has 0 radical (unpaired) electrons. The molecule has 103 heavy (non-hydrogen) atoms. The summed E-state index contributed by atoms with van der Waals surface area (Å²) in [6.07, 6.45) is 61.1. The Bertz CT molecular complexity index is 2010. The molecule has 0 saturated heterocycles. The molecule has 0 aliphatic carbocycles. The van der Waals surface area contributed by atoms with Gasteiger partial charge in [0.05, 0.1) is 26.4 Å². The molecular formula is C84H164O17P2. The topological polar surface area (TPSA) is 237 Å². The molecular weight excluding hydrogens is 1340 g/mol. The monoisotopic (exact) mass is 1510 g/mol. The van der Waals surface area contributed by atoms with Crippen LogP contribution in [0.2, 0.25) is 0 Å². The molecule has 5 atom stereocenters. The Morgan fingerprint density at radius 1 is 0.243 bits per heavy atom. The largest absolute Gasteiger partial charge is 0.472 e. The summed E-state index contributed by atoms with van der Waals surface area (Å²) in [7, 11) is -9.93. The molecule has 612 valence electrons. The number of hydrogen-bond acceptors (Lipinski definition) is 15. The first-order chi connectivity index (χ1) is 49.6. The van der Waals surface area contributed by atoms with Crippen molar-refractivity contribution in [2.75, 3.05) is 39.6 Å². The van der Waals surface area contributed by atoms with Crippen LogP contribution in [0.4, 0.5) is 0 Å². The van der Waals surface area contributed by atoms with Crippen molar-refractivity contribution in [2.24, 2.45) is 23.7 Å². The van der Waals surface area contributed by atoms with Gasteiger partial charge in [0.25, 0.3) is 0 Å². The lowest BCUT2D eigenvalue weighted by Crippen LogP contribution is -2.30. The van der Waals surface area contributed by atoms with Gasteiger partial charge < -0.3 is 33.8 Å². The van der Waals surface area contributed by atoms with Crippen molar-refractivity contribution in [3.05, 3.63) is 0 Å². The molecule has 0 rings (SSSR count). The van der Waals surface area contributed by atoms with Crippen LogP contribution >= 0.6 is 15.6 Å². The van der Waals surface area contributed by atoms with Gasteiger partial charge in [-0.15, -0.1) is 0 Å². The molecule has 0 amide bonds. The fourth-order valence-corrected chi connectivity index (χ4v) is 14.5. The number of ether oxygens (including phenoxy) is 4. The maximum absolute atomic E-state index is 13.1. The zero-order valence-electron chi connectivity index (χ0n) is 68.0. The molecule has 0 aliphatic rings. The first kappa shape index (κ1) is 101. The summed E-state index contributed by atoms with van der Waals surface area (Å²) >= 11 is 0. The van der Waals surface area contributed by atoms with Gasteiger partial charge in [0.2, 0.25) is 0 Å². The van der Waals surface area contributed by atoms with Gasteiger partial charge in [-0.25, -0.2) is 9.13 Å². The van der Waals surface area contributed by atoms with Gasteiger partial charge >= 0.3 is 39.5 Å². The first-order valence-electron chi connectivity index (χ1n) is 43.2. The number of carbonyl (C=O) groups is 4. The Morgan fingerprint density at radius 3 is 0.602 bits per heavy atom. The number of phosphoric ester groups is 2. The minimum atomic E-state index is -4.96. The molecule has 17 nitrogen and oxygen atoms in total. The molecule has 0 aromatic rings. The second-order valence-electron chi connectivity index (χ2n) is 32.1. The first-order valence-corrected chi connectivity index (χ1v) is 46.2. The summed E-state index contributed by atoms with van der Waals surface area (Å²) in [5.41, 5.74) is 0. The number of aliphatic hydroxyl groups excluding tert-OH is 1. The zero-order valence-corrected chi connectivity index (χ0v) is 69.7. The van der Waals surface area contributed by atoms with Crippen LogP contribution in [-0.4, -0.2) is 96.7 Å². The zero-order chi connectivity index (χ0) is 76.0. The second-order valence-corrected chi connectivity index (χ2v) is 35.0. The number of hydrogen-bond donors (Lipinski definition) is 3. The van der Waals surface area contributed by atoms with Crippen LogP contribution in [0.3, 0.4) is 0 Å². The number of rotatable bonds is 81. The fraction of sp³-hybridized carbons (Fsp3) is 0.952. The van der Waals surface area contributed by atoms with Crippen LogP contribution < -0.4 is 0 Å². The van der Waals surface area contributed by atoms with E-state index in [2.05, 4.69) is 55.4 Å². The quantitative estimate of drug-likeness (QED) is 0.0222. The van der Waals surface area contributed by atoms with Gasteiger partial charge in [0.1, 0.15) is 19.3 Å². The Morgan fingerprint density at radius 2 is 0.408 bits per heavy atom. The van der Waals surface area contributed by atoms with Crippen molar-refractivity contribution in [1.29, 1.82) is 0 Å². The highest BCUT2D eigenvalue weighted by atomic mass is 31.2. The summed E-state index contributed by atoms with van der Waals surface area (Å²) < 4.78 is 68.8. The average molecular weight is 1510 g/mol. The highest BCUT2D eigenvalue weighted by Gasteiger charge is 2.30. The summed E-state index contributed by atoms with van der Waals surface area (Å²) in [4.78, 5) is 73.1. The molecule has 0 aliphatic heterocycles. The molecule has 0 aromatic heterocycles. The predicted molar refractivity (Wildman–Crippen MR) is 423 cm³/mol. The van der Waals surface area contributed by atoms with Crippen LogP contribution in [0.25, 0.3) is 0 Å². The maximum atomic E-state index is 13.1. The average Bonchev–Trinajstić information content (AvgIpc) is 0.917. The third-order valence-electron chi connectivity index (χ3n) is 19.6. The van der Waals surface area contributed by atoms with Crippen LogP contribution in [0.15, 0.2) is 0 Å². The molecule has 19 heteroatoms. The van der Waals surface area contributed by atoms with Crippen molar-refractivity contribution in [3.63, 3.8) is 0 Å². The van der Waals surface area contributed by atoms with Crippen molar-refractivity contribution in [3.8, 4) is 0 Å². The summed E-state index contributed by atoms with van der Waals surface area (Å²) in [5.74, 6) is 0.997. The van der Waals surface area contributed by atoms with Crippen LogP contribution in [0.5, 0.6) is 0 Å². The molecule has 0 saturated carbocycles. The minimum absolute atomic E-state index is 0.107. The van der Waals surface area contributed by atoms with Crippen molar-refractivity contribution < 1.29 is 80.2 Å². The van der Waals surface area contributed by atoms with E-state index in [9.17, 15) is 43.2 Å². The third-order valence-corrected chi connectivity index (χ3v) is 21.5. The summed E-state index contributed by atoms with van der Waals surface area (Å²) in [6.45, 7) is 14.3. The lowest BCUT2D eigenvalue weighted by atomic mass is 10.0. The van der Waals surface area contributed by atoms with Gasteiger partial charge in [0.15, 0.2) is 12.2 Å². The highest BCUT2D eigenvalue weighted by Crippen LogP contribution is 2.45. The highest BCUT2D eigenvalue weighted by molar-refractivity contribution is 7.47. The van der Waals surface area contributed by atoms with Gasteiger partial charge in [0, 0.05) is 25.7 Å². The van der Waals surface area contributed by atoms with Crippen LogP contribution in [0, 0.1) is 23.7 Å². The molecule has 3 unspecified atom stereocenters. The van der Waals surface area contributed by atoms with E-state index < -0.39 is 97.5 Å². The molecule has 3 N–H and O–H groups in total. The molecule has 0 aromatic carbocycles. The Balaban J connectivity index is 5.24. The number of unbranched alkanes of at least 4 members (excludes halogenated alkanes) is 47. The summed E-state index contributed by atoms with van der Waals surface area (Å²) in [6, 6.07) is 0. The Kier molecular flexibility index (Phi) is 71.5. The molecule has 0 fully saturated rings. The standard InChI is InChI=1S/C84H164O17P2/c1-74(2)60-52-44-36-29-23-17-11-9-10-12-20-26-32-40-48-56-64-81(86)94-70-79(100-83(88)66-58-50-41-33-27-21-15-13-18-24-30-37-45-53-61-75(3)4)72-98-102(90,91)96-68-78(85)69-97-103(92,93)99-73-80(71-95-82(87)65-57-49-43-35-39-47-55-63-77(7)8)101-84(89)67-59-51-42-34-28-22-16-14-19-25-31-38-46-54-62-76(5)6/h74-80,85H,9-73H2,1-8H3,(H,90,91)(H,92,93)/t78?,79-,80-/m1/s1. The van der Waals surface area contributed by atoms with Gasteiger partial charge in [-0.05, 0) is 49.4 Å². The van der Waals surface area contributed by atoms with E-state index in [4.69, 9.17) is 37.0 Å². The Labute approximate surface area is 632 Å². The number of carbonyl (C=O) groups excluding carboxylic acids is 4. The van der Waals surface area contributed by atoms with E-state index in [0.717, 1.165) is 114 Å². The second kappa shape index (κ2) is 72.9. The smallest absolute Gasteiger partial charge is 0.462 e. The summed E-state index contributed by atoms with van der Waals surface area (Å²) in [5, 5.41) is 10.7. The van der Waals surface area contributed by atoms with E-state index in [-0.39, 0.29) is 25.7 Å². The van der Waals surface area contributed by atoms with Crippen LogP contribution in [0.1, 0.15) is 434 Å². The number of esters is 4. The number of aliphatic hydroxyl groups is 1. The normalized spacial score (nSPS) is 14.0. The van der Waals surface area contributed by atoms with Crippen molar-refractivity contribution >= 4 is 39.5 Å². The van der Waals surface area contributed by atoms with Crippen molar-refractivity contribution in [2.45, 2.75) is 453 Å². The van der Waals surface area contributed by atoms with Crippen LogP contribution in [-0.2, 0) is 65.4 Å². The fourth-order valence-electron chi connectivity index (χ4n) is 13.0. The van der Waals surface area contributed by atoms with E-state index in [0.29, 0.717) is 31.6 Å². The lowest BCUT2D eigenvalue weighted by Gasteiger charge is -2.21. The van der Waals surface area contributed by atoms with Gasteiger partial charge in [-0.2, -0.15) is 0 Å². The lowest BCUT2D eigenvalue weighted by molar-refractivity contribution is -0.161. The predicted octanol–water partition coefficient (Wildman–Crippen LogP) is 25.2. The van der Waals surface area contributed by atoms with E-state index in [1.54, 1.807) is 0 Å². The maximum Gasteiger partial charge on any atom is 0.472 e. The van der Waals surface area contributed by atoms with E-state index >= 15 is 0 Å². The van der Waals surface area contributed by atoms with Gasteiger partial charge in [-0.3, -0.25) is 37.3 Å². The minimum Gasteiger partial charge on any atom is -0.462 e. The Hall–Kier alpha value is -1.94. The van der Waals surface area contributed by atoms with E-state index in [1.807, 2.05) is 0 Å². The number of phosphoric acid groups is 2. The van der Waals surface area contributed by atoms with Crippen molar-refractivity contribution in [1.82, 2.24) is 0 Å². The third kappa shape index (κ3) is 78.0. The SMILES string of the molecule is CC(C)CCCCCCCCCCCCCCCCCCC(=O)OC[C@H](COP(=O)(O)OCC(O)COP(=O)(O)OC[C@@H](COC(=O)CCCCCCCCCC(C)C)OC(=O)CCCCCCCCCCCCCCCCC(C)C)OC(=O)CCCCCCCCCCCCCCCCC(C)C. The van der Waals surface area contributed by atoms with E-state index in [1.165, 1.54) is 231 Å². The molecule has 0 heterocycles.